The molecule has 1 fully saturated rings. The third-order valence-electron chi connectivity index (χ3n) is 3.68. The molecule has 1 atom stereocenters. The van der Waals surface area contributed by atoms with Crippen LogP contribution in [0.1, 0.15) is 31.7 Å². The summed E-state index contributed by atoms with van der Waals surface area (Å²) in [5.74, 6) is 7.12. The maximum Gasteiger partial charge on any atom is 0.137 e. The van der Waals surface area contributed by atoms with Gasteiger partial charge in [0, 0.05) is 19.4 Å². The highest BCUT2D eigenvalue weighted by Crippen LogP contribution is 2.29. The number of piperidine rings is 1. The zero-order valence-electron chi connectivity index (χ0n) is 11.1. The van der Waals surface area contributed by atoms with Gasteiger partial charge in [-0.3, -0.25) is 4.90 Å². The lowest BCUT2D eigenvalue weighted by Gasteiger charge is -2.32. The first-order valence-corrected chi connectivity index (χ1v) is 6.49. The maximum absolute atomic E-state index is 10.3. The van der Waals surface area contributed by atoms with E-state index in [9.17, 15) is 5.11 Å². The molecule has 0 spiro atoms. The summed E-state index contributed by atoms with van der Waals surface area (Å²) in [6.45, 7) is 4.75. The van der Waals surface area contributed by atoms with E-state index in [-0.39, 0.29) is 0 Å². The van der Waals surface area contributed by atoms with Gasteiger partial charge < -0.3 is 9.67 Å². The summed E-state index contributed by atoms with van der Waals surface area (Å²) in [6.07, 6.45) is 5.21. The van der Waals surface area contributed by atoms with Crippen molar-refractivity contribution in [3.63, 3.8) is 0 Å². The topological polar surface area (TPSA) is 41.3 Å². The summed E-state index contributed by atoms with van der Waals surface area (Å²) in [5.41, 5.74) is 0. The van der Waals surface area contributed by atoms with Crippen LogP contribution in [0, 0.1) is 17.8 Å². The van der Waals surface area contributed by atoms with Crippen LogP contribution < -0.4 is 0 Å². The van der Waals surface area contributed by atoms with Gasteiger partial charge in [-0.2, -0.15) is 0 Å². The Kier molecular flexibility index (Phi) is 4.40. The lowest BCUT2D eigenvalue weighted by atomic mass is 9.91. The van der Waals surface area contributed by atoms with E-state index in [4.69, 9.17) is 0 Å². The smallest absolute Gasteiger partial charge is 0.137 e. The molecule has 1 unspecified atom stereocenters. The molecule has 1 saturated heterocycles. The van der Waals surface area contributed by atoms with Crippen LogP contribution in [0.2, 0.25) is 0 Å². The Morgan fingerprint density at radius 3 is 2.78 bits per heavy atom. The normalized spacial score (nSPS) is 19.3. The second-order valence-electron chi connectivity index (χ2n) is 4.88. The average molecular weight is 247 g/mol. The Morgan fingerprint density at radius 1 is 1.50 bits per heavy atom. The Hall–Kier alpha value is -1.31. The molecule has 0 aromatic carbocycles. The van der Waals surface area contributed by atoms with Crippen LogP contribution in [0.15, 0.2) is 12.4 Å². The van der Waals surface area contributed by atoms with E-state index in [0.717, 1.165) is 38.3 Å². The van der Waals surface area contributed by atoms with Gasteiger partial charge in [-0.1, -0.05) is 5.92 Å². The molecule has 0 amide bonds. The van der Waals surface area contributed by atoms with Crippen LogP contribution in [0.5, 0.6) is 0 Å². The first kappa shape index (κ1) is 13.1. The van der Waals surface area contributed by atoms with Gasteiger partial charge in [-0.25, -0.2) is 4.98 Å². The third kappa shape index (κ3) is 2.92. The molecule has 1 N–H and O–H groups in total. The van der Waals surface area contributed by atoms with Crippen molar-refractivity contribution in [2.75, 3.05) is 19.6 Å². The molecular weight excluding hydrogens is 226 g/mol. The van der Waals surface area contributed by atoms with Crippen molar-refractivity contribution < 1.29 is 5.11 Å². The Morgan fingerprint density at radius 2 is 2.22 bits per heavy atom. The van der Waals surface area contributed by atoms with E-state index in [2.05, 4.69) is 21.7 Å². The predicted octanol–water partition coefficient (Wildman–Crippen LogP) is 1.19. The fraction of sp³-hybridized carbons (Fsp3) is 0.643. The molecule has 1 aliphatic heterocycles. The SMILES string of the molecule is CC#CCN1CCC(C(O)c2nccn2C)CC1. The quantitative estimate of drug-likeness (QED) is 0.816. The number of nitrogens with zero attached hydrogens (tertiary/aromatic N) is 3. The second-order valence-corrected chi connectivity index (χ2v) is 4.88. The summed E-state index contributed by atoms with van der Waals surface area (Å²) >= 11 is 0. The van der Waals surface area contributed by atoms with Crippen LogP contribution in [0.3, 0.4) is 0 Å². The highest BCUT2D eigenvalue weighted by Gasteiger charge is 2.27. The van der Waals surface area contributed by atoms with Gasteiger partial charge in [0.25, 0.3) is 0 Å². The molecule has 4 heteroatoms. The minimum absolute atomic E-state index is 0.317. The number of hydrogen-bond acceptors (Lipinski definition) is 3. The van der Waals surface area contributed by atoms with Crippen molar-refractivity contribution in [2.45, 2.75) is 25.9 Å². The van der Waals surface area contributed by atoms with E-state index in [1.165, 1.54) is 0 Å². The van der Waals surface area contributed by atoms with Gasteiger partial charge in [0.2, 0.25) is 0 Å². The molecule has 98 valence electrons. The van der Waals surface area contributed by atoms with Crippen LogP contribution in [-0.2, 0) is 7.05 Å². The monoisotopic (exact) mass is 247 g/mol. The van der Waals surface area contributed by atoms with Crippen molar-refractivity contribution >= 4 is 0 Å². The van der Waals surface area contributed by atoms with Gasteiger partial charge in [0.05, 0.1) is 6.54 Å². The molecule has 0 bridgehead atoms. The molecule has 1 aliphatic rings. The Labute approximate surface area is 109 Å². The van der Waals surface area contributed by atoms with Gasteiger partial charge in [-0.15, -0.1) is 5.92 Å². The summed E-state index contributed by atoms with van der Waals surface area (Å²) in [5, 5.41) is 10.3. The molecule has 0 aliphatic carbocycles. The number of hydrogen-bond donors (Lipinski definition) is 1. The fourth-order valence-electron chi connectivity index (χ4n) is 2.49. The molecule has 0 radical (unpaired) electrons. The van der Waals surface area contributed by atoms with Gasteiger partial charge >= 0.3 is 0 Å². The van der Waals surface area contributed by atoms with Gasteiger partial charge in [-0.05, 0) is 38.8 Å². The number of aromatic nitrogens is 2. The predicted molar refractivity (Wildman–Crippen MR) is 70.8 cm³/mol. The summed E-state index contributed by atoms with van der Waals surface area (Å²) in [4.78, 5) is 6.58. The average Bonchev–Trinajstić information content (AvgIpc) is 2.82. The van der Waals surface area contributed by atoms with Crippen molar-refractivity contribution in [3.8, 4) is 11.8 Å². The Bertz CT molecular complexity index is 435. The van der Waals surface area contributed by atoms with Crippen molar-refractivity contribution in [3.05, 3.63) is 18.2 Å². The molecule has 1 aromatic heterocycles. The number of aryl methyl sites for hydroxylation is 1. The van der Waals surface area contributed by atoms with Crippen molar-refractivity contribution in [1.82, 2.24) is 14.5 Å². The second kappa shape index (κ2) is 6.03. The third-order valence-corrected chi connectivity index (χ3v) is 3.68. The van der Waals surface area contributed by atoms with E-state index >= 15 is 0 Å². The molecule has 18 heavy (non-hydrogen) atoms. The van der Waals surface area contributed by atoms with Crippen molar-refractivity contribution in [2.24, 2.45) is 13.0 Å². The highest BCUT2D eigenvalue weighted by molar-refractivity contribution is 5.01. The largest absolute Gasteiger partial charge is 0.385 e. The van der Waals surface area contributed by atoms with E-state index < -0.39 is 6.10 Å². The zero-order chi connectivity index (χ0) is 13.0. The van der Waals surface area contributed by atoms with Gasteiger partial charge in [0.1, 0.15) is 11.9 Å². The fourth-order valence-corrected chi connectivity index (χ4v) is 2.49. The van der Waals surface area contributed by atoms with Gasteiger partial charge in [0.15, 0.2) is 0 Å². The number of rotatable bonds is 3. The molecule has 4 nitrogen and oxygen atoms in total. The minimum Gasteiger partial charge on any atom is -0.385 e. The molecule has 1 aromatic rings. The van der Waals surface area contributed by atoms with Crippen molar-refractivity contribution in [1.29, 1.82) is 0 Å². The number of likely N-dealkylation sites (tertiary alicyclic amines) is 1. The van der Waals surface area contributed by atoms with Crippen LogP contribution in [-0.4, -0.2) is 39.2 Å². The lowest BCUT2D eigenvalue weighted by Crippen LogP contribution is -2.36. The standard InChI is InChI=1S/C14H21N3O/c1-3-4-8-17-9-5-12(6-10-17)13(18)14-15-7-11-16(14)2/h7,11-13,18H,5-6,8-10H2,1-2H3. The minimum atomic E-state index is -0.440. The molecule has 0 saturated carbocycles. The van der Waals surface area contributed by atoms with E-state index in [1.807, 2.05) is 24.7 Å². The highest BCUT2D eigenvalue weighted by atomic mass is 16.3. The zero-order valence-corrected chi connectivity index (χ0v) is 11.1. The lowest BCUT2D eigenvalue weighted by molar-refractivity contribution is 0.0545. The molecule has 2 rings (SSSR count). The number of aliphatic hydroxyl groups is 1. The van der Waals surface area contributed by atoms with E-state index in [0.29, 0.717) is 5.92 Å². The first-order valence-electron chi connectivity index (χ1n) is 6.49. The Balaban J connectivity index is 1.89. The molecular formula is C14H21N3O. The van der Waals surface area contributed by atoms with E-state index in [1.54, 1.807) is 6.20 Å². The maximum atomic E-state index is 10.3. The van der Waals surface area contributed by atoms with Crippen LogP contribution >= 0.6 is 0 Å². The van der Waals surface area contributed by atoms with Crippen LogP contribution in [0.25, 0.3) is 0 Å². The summed E-state index contributed by atoms with van der Waals surface area (Å²) < 4.78 is 1.90. The first-order chi connectivity index (χ1) is 8.72. The summed E-state index contributed by atoms with van der Waals surface area (Å²) in [6, 6.07) is 0. The molecule has 2 heterocycles. The van der Waals surface area contributed by atoms with Crippen LogP contribution in [0.4, 0.5) is 0 Å². The number of aliphatic hydroxyl groups excluding tert-OH is 1. The summed E-state index contributed by atoms with van der Waals surface area (Å²) in [7, 11) is 1.93. The number of imidazole rings is 1.